The van der Waals surface area contributed by atoms with Crippen LogP contribution in [0.3, 0.4) is 0 Å². The van der Waals surface area contributed by atoms with E-state index in [1.54, 1.807) is 29.0 Å². The summed E-state index contributed by atoms with van der Waals surface area (Å²) in [5.41, 5.74) is 1.59. The quantitative estimate of drug-likeness (QED) is 0.167. The van der Waals surface area contributed by atoms with Gasteiger partial charge in [0.1, 0.15) is 21.7 Å². The van der Waals surface area contributed by atoms with Crippen molar-refractivity contribution < 1.29 is 9.72 Å². The minimum Gasteiger partial charge on any atom is -0.317 e. The average molecular weight is 491 g/mol. The van der Waals surface area contributed by atoms with Crippen LogP contribution in [-0.4, -0.2) is 25.6 Å². The van der Waals surface area contributed by atoms with Crippen molar-refractivity contribution in [1.29, 1.82) is 5.26 Å². The fraction of sp³-hybridized carbons (Fsp3) is 0.0435. The third-order valence-corrected chi connectivity index (χ3v) is 5.89. The Balaban J connectivity index is 1.53. The molecular formula is C23H15ClN6O3S. The Morgan fingerprint density at radius 3 is 2.74 bits per heavy atom. The molecule has 0 saturated carbocycles. The number of nitro groups is 1. The molecular weight excluding hydrogens is 476 g/mol. The molecule has 9 nitrogen and oxygen atoms in total. The molecule has 0 spiro atoms. The van der Waals surface area contributed by atoms with E-state index in [0.717, 1.165) is 10.6 Å². The lowest BCUT2D eigenvalue weighted by atomic mass is 10.2. The zero-order chi connectivity index (χ0) is 24.1. The van der Waals surface area contributed by atoms with E-state index in [4.69, 9.17) is 11.6 Å². The maximum absolute atomic E-state index is 12.7. The molecule has 1 N–H and O–H groups in total. The minimum absolute atomic E-state index is 0.0128. The number of hydrogen-bond donors (Lipinski definition) is 1. The molecule has 11 heteroatoms. The number of rotatable bonds is 7. The van der Waals surface area contributed by atoms with E-state index in [2.05, 4.69) is 15.5 Å². The van der Waals surface area contributed by atoms with Gasteiger partial charge in [-0.2, -0.15) is 5.26 Å². The van der Waals surface area contributed by atoms with Gasteiger partial charge in [0.15, 0.2) is 0 Å². The largest absolute Gasteiger partial charge is 0.317 e. The monoisotopic (exact) mass is 490 g/mol. The molecule has 0 aliphatic carbocycles. The molecule has 0 aliphatic heterocycles. The van der Waals surface area contributed by atoms with Crippen molar-refractivity contribution in [2.45, 2.75) is 6.42 Å². The maximum Gasteiger partial charge on any atom is 0.289 e. The van der Waals surface area contributed by atoms with Crippen molar-refractivity contribution in [1.82, 2.24) is 14.8 Å². The maximum atomic E-state index is 12.7. The highest BCUT2D eigenvalue weighted by atomic mass is 35.5. The molecule has 168 valence electrons. The number of anilines is 1. The topological polar surface area (TPSA) is 127 Å². The number of hydrogen-bond acceptors (Lipinski definition) is 7. The predicted molar refractivity (Wildman–Crippen MR) is 129 cm³/mol. The highest BCUT2D eigenvalue weighted by molar-refractivity contribution is 7.15. The standard InChI is InChI=1S/C23H15ClN6O3S/c24-19-9-8-18(13-20(19)30(32)33)29-10-4-7-17(29)12-16(14-25)22(31)26-23-28-27-21(34-23)11-15-5-2-1-3-6-15/h1-10,12-13H,11H2,(H,26,28,31)/b16-12-. The number of aromatic nitrogens is 3. The number of nitrogens with zero attached hydrogens (tertiary/aromatic N) is 5. The van der Waals surface area contributed by atoms with Gasteiger partial charge in [0.05, 0.1) is 10.6 Å². The van der Waals surface area contributed by atoms with Crippen molar-refractivity contribution in [3.8, 4) is 11.8 Å². The molecule has 2 aromatic heterocycles. The lowest BCUT2D eigenvalue weighted by Gasteiger charge is -2.08. The molecule has 1 amide bonds. The lowest BCUT2D eigenvalue weighted by Crippen LogP contribution is -2.13. The third kappa shape index (κ3) is 5.17. The number of carbonyl (C=O) groups excluding carboxylic acids is 1. The third-order valence-electron chi connectivity index (χ3n) is 4.73. The van der Waals surface area contributed by atoms with Crippen LogP contribution < -0.4 is 5.32 Å². The summed E-state index contributed by atoms with van der Waals surface area (Å²) in [5, 5.41) is 32.5. The van der Waals surface area contributed by atoms with Crippen LogP contribution in [0.2, 0.25) is 5.02 Å². The second-order valence-electron chi connectivity index (χ2n) is 6.98. The van der Waals surface area contributed by atoms with E-state index < -0.39 is 10.8 Å². The molecule has 2 aromatic carbocycles. The summed E-state index contributed by atoms with van der Waals surface area (Å²) < 4.78 is 1.61. The first-order valence-electron chi connectivity index (χ1n) is 9.85. The molecule has 0 unspecified atom stereocenters. The Kier molecular flexibility index (Phi) is 6.77. The fourth-order valence-corrected chi connectivity index (χ4v) is 4.10. The Morgan fingerprint density at radius 2 is 2.00 bits per heavy atom. The highest BCUT2D eigenvalue weighted by Crippen LogP contribution is 2.28. The van der Waals surface area contributed by atoms with Gasteiger partial charge in [-0.15, -0.1) is 10.2 Å². The normalized spacial score (nSPS) is 11.1. The highest BCUT2D eigenvalue weighted by Gasteiger charge is 2.16. The molecule has 0 saturated heterocycles. The number of nitriles is 1. The van der Waals surface area contributed by atoms with Crippen LogP contribution in [0.5, 0.6) is 0 Å². The molecule has 0 bridgehead atoms. The van der Waals surface area contributed by atoms with Gasteiger partial charge >= 0.3 is 0 Å². The van der Waals surface area contributed by atoms with Crippen molar-refractivity contribution in [3.05, 3.63) is 104 Å². The molecule has 4 aromatic rings. The zero-order valence-corrected chi connectivity index (χ0v) is 19.0. The van der Waals surface area contributed by atoms with E-state index >= 15 is 0 Å². The average Bonchev–Trinajstić information content (AvgIpc) is 3.47. The number of amides is 1. The van der Waals surface area contributed by atoms with Crippen LogP contribution in [0.4, 0.5) is 10.8 Å². The zero-order valence-electron chi connectivity index (χ0n) is 17.4. The summed E-state index contributed by atoms with van der Waals surface area (Å²) >= 11 is 7.12. The molecule has 0 atom stereocenters. The van der Waals surface area contributed by atoms with Gasteiger partial charge in [-0.25, -0.2) is 0 Å². The lowest BCUT2D eigenvalue weighted by molar-refractivity contribution is -0.384. The van der Waals surface area contributed by atoms with Crippen molar-refractivity contribution in [2.24, 2.45) is 0 Å². The molecule has 0 fully saturated rings. The van der Waals surface area contributed by atoms with E-state index in [0.29, 0.717) is 17.8 Å². The van der Waals surface area contributed by atoms with Gasteiger partial charge in [0, 0.05) is 24.4 Å². The summed E-state index contributed by atoms with van der Waals surface area (Å²) in [4.78, 5) is 23.3. The van der Waals surface area contributed by atoms with Crippen LogP contribution in [0.15, 0.2) is 72.4 Å². The van der Waals surface area contributed by atoms with Crippen molar-refractivity contribution >= 4 is 45.7 Å². The fourth-order valence-electron chi connectivity index (χ4n) is 3.14. The number of nitro benzene ring substituents is 1. The van der Waals surface area contributed by atoms with Gasteiger partial charge in [-0.1, -0.05) is 53.3 Å². The number of benzene rings is 2. The first-order valence-corrected chi connectivity index (χ1v) is 11.0. The predicted octanol–water partition coefficient (Wildman–Crippen LogP) is 5.03. The second kappa shape index (κ2) is 10.1. The summed E-state index contributed by atoms with van der Waals surface area (Å²) in [5.74, 6) is -0.639. The molecule has 2 heterocycles. The summed E-state index contributed by atoms with van der Waals surface area (Å²) in [6, 6.07) is 19.3. The Morgan fingerprint density at radius 1 is 1.21 bits per heavy atom. The van der Waals surface area contributed by atoms with Crippen LogP contribution >= 0.6 is 22.9 Å². The summed E-state index contributed by atoms with van der Waals surface area (Å²) in [6.07, 6.45) is 3.63. The Hall–Kier alpha value is -4.33. The first kappa shape index (κ1) is 22.8. The minimum atomic E-state index is -0.639. The van der Waals surface area contributed by atoms with E-state index in [9.17, 15) is 20.2 Å². The number of halogens is 1. The van der Waals surface area contributed by atoms with Gasteiger partial charge in [-0.3, -0.25) is 20.2 Å². The number of carbonyl (C=O) groups is 1. The Labute approximate surface area is 202 Å². The summed E-state index contributed by atoms with van der Waals surface area (Å²) in [6.45, 7) is 0. The summed E-state index contributed by atoms with van der Waals surface area (Å²) in [7, 11) is 0. The van der Waals surface area contributed by atoms with Crippen LogP contribution in [0, 0.1) is 21.4 Å². The smallest absolute Gasteiger partial charge is 0.289 e. The first-order chi connectivity index (χ1) is 16.4. The van der Waals surface area contributed by atoms with Crippen LogP contribution in [0.25, 0.3) is 11.8 Å². The van der Waals surface area contributed by atoms with Gasteiger partial charge in [0.25, 0.3) is 11.6 Å². The van der Waals surface area contributed by atoms with Crippen molar-refractivity contribution in [3.63, 3.8) is 0 Å². The van der Waals surface area contributed by atoms with E-state index in [1.165, 1.54) is 29.5 Å². The van der Waals surface area contributed by atoms with Crippen LogP contribution in [-0.2, 0) is 11.2 Å². The molecule has 0 radical (unpaired) electrons. The van der Waals surface area contributed by atoms with Gasteiger partial charge < -0.3 is 4.57 Å². The number of nitrogens with one attached hydrogen (secondary N) is 1. The van der Waals surface area contributed by atoms with Gasteiger partial charge in [0.2, 0.25) is 5.13 Å². The van der Waals surface area contributed by atoms with Crippen molar-refractivity contribution in [2.75, 3.05) is 5.32 Å². The van der Waals surface area contributed by atoms with E-state index in [1.807, 2.05) is 36.4 Å². The SMILES string of the molecule is N#C/C(=C/c1cccn1-c1ccc(Cl)c([N+](=O)[O-])c1)C(=O)Nc1nnc(Cc2ccccc2)s1. The van der Waals surface area contributed by atoms with Crippen LogP contribution in [0.1, 0.15) is 16.3 Å². The second-order valence-corrected chi connectivity index (χ2v) is 8.45. The molecule has 0 aliphatic rings. The molecule has 34 heavy (non-hydrogen) atoms. The van der Waals surface area contributed by atoms with E-state index in [-0.39, 0.29) is 21.4 Å². The molecule has 4 rings (SSSR count). The van der Waals surface area contributed by atoms with Gasteiger partial charge in [-0.05, 0) is 35.9 Å². The Bertz CT molecular complexity index is 1440.